The summed E-state index contributed by atoms with van der Waals surface area (Å²) < 4.78 is 70.9. The number of esters is 1. The Kier molecular flexibility index (Phi) is 5.54. The smallest absolute Gasteiger partial charge is 0.417 e. The molecule has 5 nitrogen and oxygen atoms in total. The summed E-state index contributed by atoms with van der Waals surface area (Å²) in [5.41, 5.74) is -1.19. The molecule has 9 heteroatoms. The molecule has 0 spiro atoms. The molecule has 0 radical (unpaired) electrons. The van der Waals surface area contributed by atoms with Gasteiger partial charge in [0, 0.05) is 13.5 Å². The monoisotopic (exact) mass is 365 g/mol. The van der Waals surface area contributed by atoms with Gasteiger partial charge in [-0.25, -0.2) is 8.42 Å². The molecule has 1 fully saturated rings. The quantitative estimate of drug-likeness (QED) is 0.770. The first kappa shape index (κ1) is 18.7. The van der Waals surface area contributed by atoms with Gasteiger partial charge in [-0.05, 0) is 25.0 Å². The summed E-state index contributed by atoms with van der Waals surface area (Å²) in [6.45, 7) is 1.13. The number of hydrogen-bond acceptors (Lipinski definition) is 4. The van der Waals surface area contributed by atoms with E-state index >= 15 is 0 Å². The van der Waals surface area contributed by atoms with Gasteiger partial charge < -0.3 is 4.74 Å². The van der Waals surface area contributed by atoms with Gasteiger partial charge in [-0.1, -0.05) is 18.6 Å². The van der Waals surface area contributed by atoms with Crippen molar-refractivity contribution >= 4 is 16.0 Å². The van der Waals surface area contributed by atoms with Crippen LogP contribution in [0, 0.1) is 0 Å². The van der Waals surface area contributed by atoms with E-state index in [4.69, 9.17) is 4.74 Å². The topological polar surface area (TPSA) is 63.7 Å². The van der Waals surface area contributed by atoms with Crippen LogP contribution in [0.4, 0.5) is 13.2 Å². The number of sulfonamides is 1. The van der Waals surface area contributed by atoms with Gasteiger partial charge in [0.25, 0.3) is 0 Å². The second-order valence-corrected chi connectivity index (χ2v) is 7.42. The van der Waals surface area contributed by atoms with Gasteiger partial charge >= 0.3 is 12.1 Å². The molecule has 1 aliphatic rings. The van der Waals surface area contributed by atoms with E-state index in [9.17, 15) is 26.4 Å². The number of carbonyl (C=O) groups is 1. The Balaban J connectivity index is 2.39. The maximum atomic E-state index is 13.1. The van der Waals surface area contributed by atoms with Crippen molar-refractivity contribution in [2.75, 3.05) is 13.2 Å². The Bertz CT molecular complexity index is 703. The zero-order valence-electron chi connectivity index (χ0n) is 13.0. The van der Waals surface area contributed by atoms with Gasteiger partial charge in [0.1, 0.15) is 6.61 Å². The zero-order chi connectivity index (χ0) is 18.0. The minimum Gasteiger partial charge on any atom is -0.464 e. The Morgan fingerprint density at radius 3 is 2.58 bits per heavy atom. The summed E-state index contributed by atoms with van der Waals surface area (Å²) in [7, 11) is -4.35. The van der Waals surface area contributed by atoms with E-state index in [0.29, 0.717) is 12.8 Å². The maximum absolute atomic E-state index is 13.1. The van der Waals surface area contributed by atoms with Crippen LogP contribution in [0.2, 0.25) is 0 Å². The van der Waals surface area contributed by atoms with Crippen LogP contribution in [0.3, 0.4) is 0 Å². The summed E-state index contributed by atoms with van der Waals surface area (Å²) in [6.07, 6.45) is -3.08. The molecule has 0 bridgehead atoms. The molecular formula is C15H18F3NO4S. The number of alkyl halides is 3. The van der Waals surface area contributed by atoms with E-state index in [2.05, 4.69) is 0 Å². The second-order valence-electron chi connectivity index (χ2n) is 5.56. The van der Waals surface area contributed by atoms with Gasteiger partial charge in [0.05, 0.1) is 16.5 Å². The molecule has 1 atom stereocenters. The highest BCUT2D eigenvalue weighted by atomic mass is 32.2. The maximum Gasteiger partial charge on any atom is 0.417 e. The number of carbonyl (C=O) groups excluding carboxylic acids is 1. The average Bonchev–Trinajstić information content (AvgIpc) is 2.52. The lowest BCUT2D eigenvalue weighted by Crippen LogP contribution is -2.46. The predicted octanol–water partition coefficient (Wildman–Crippen LogP) is 2.81. The molecule has 1 aromatic rings. The fraction of sp³-hybridized carbons (Fsp3) is 0.533. The fourth-order valence-electron chi connectivity index (χ4n) is 2.72. The second kappa shape index (κ2) is 7.10. The van der Waals surface area contributed by atoms with Crippen molar-refractivity contribution in [2.24, 2.45) is 0 Å². The third kappa shape index (κ3) is 4.07. The van der Waals surface area contributed by atoms with Crippen LogP contribution in [0.1, 0.15) is 31.7 Å². The van der Waals surface area contributed by atoms with Crippen molar-refractivity contribution in [3.63, 3.8) is 0 Å². The molecule has 1 aromatic carbocycles. The predicted molar refractivity (Wildman–Crippen MR) is 79.6 cm³/mol. The summed E-state index contributed by atoms with van der Waals surface area (Å²) in [5.74, 6) is -0.561. The number of benzene rings is 1. The van der Waals surface area contributed by atoms with Gasteiger partial charge in [-0.3, -0.25) is 4.79 Å². The molecule has 1 aliphatic heterocycles. The highest BCUT2D eigenvalue weighted by molar-refractivity contribution is 7.89. The van der Waals surface area contributed by atoms with Crippen LogP contribution in [-0.2, 0) is 25.7 Å². The molecule has 1 heterocycles. The Morgan fingerprint density at radius 1 is 1.29 bits per heavy atom. The molecule has 1 unspecified atom stereocenters. The van der Waals surface area contributed by atoms with Crippen LogP contribution in [0.15, 0.2) is 29.2 Å². The largest absolute Gasteiger partial charge is 0.464 e. The fourth-order valence-corrected chi connectivity index (χ4v) is 4.62. The molecule has 0 aliphatic carbocycles. The molecule has 2 rings (SSSR count). The molecule has 1 saturated heterocycles. The van der Waals surface area contributed by atoms with E-state index in [1.165, 1.54) is 13.0 Å². The summed E-state index contributed by atoms with van der Waals surface area (Å²) in [6, 6.07) is 3.45. The van der Waals surface area contributed by atoms with Crippen LogP contribution < -0.4 is 0 Å². The number of hydrogen-bond donors (Lipinski definition) is 0. The van der Waals surface area contributed by atoms with E-state index < -0.39 is 38.7 Å². The van der Waals surface area contributed by atoms with Crippen LogP contribution >= 0.6 is 0 Å². The average molecular weight is 365 g/mol. The number of nitrogens with zero attached hydrogens (tertiary/aromatic N) is 1. The third-order valence-corrected chi connectivity index (χ3v) is 5.84. The summed E-state index contributed by atoms with van der Waals surface area (Å²) >= 11 is 0. The van der Waals surface area contributed by atoms with Crippen LogP contribution in [0.5, 0.6) is 0 Å². The highest BCUT2D eigenvalue weighted by Crippen LogP contribution is 2.36. The molecular weight excluding hydrogens is 347 g/mol. The minimum atomic E-state index is -4.77. The van der Waals surface area contributed by atoms with Crippen molar-refractivity contribution in [2.45, 2.75) is 43.3 Å². The van der Waals surface area contributed by atoms with E-state index in [1.54, 1.807) is 0 Å². The lowest BCUT2D eigenvalue weighted by molar-refractivity contribution is -0.142. The normalized spacial score (nSPS) is 19.9. The first-order valence-corrected chi connectivity index (χ1v) is 8.89. The molecule has 0 aromatic heterocycles. The van der Waals surface area contributed by atoms with Crippen molar-refractivity contribution < 1.29 is 31.1 Å². The van der Waals surface area contributed by atoms with Gasteiger partial charge in [-0.15, -0.1) is 0 Å². The van der Waals surface area contributed by atoms with E-state index in [0.717, 1.165) is 28.9 Å². The highest BCUT2D eigenvalue weighted by Gasteiger charge is 2.41. The number of piperidine rings is 1. The summed E-state index contributed by atoms with van der Waals surface area (Å²) in [4.78, 5) is 10.2. The Labute approximate surface area is 138 Å². The zero-order valence-corrected chi connectivity index (χ0v) is 13.9. The van der Waals surface area contributed by atoms with Crippen molar-refractivity contribution in [1.82, 2.24) is 4.31 Å². The van der Waals surface area contributed by atoms with Crippen molar-refractivity contribution in [3.05, 3.63) is 29.8 Å². The third-order valence-electron chi connectivity index (χ3n) is 3.83. The molecule has 0 amide bonds. The Morgan fingerprint density at radius 2 is 1.96 bits per heavy atom. The van der Waals surface area contributed by atoms with Crippen LogP contribution in [0.25, 0.3) is 0 Å². The van der Waals surface area contributed by atoms with Crippen LogP contribution in [-0.4, -0.2) is 37.9 Å². The molecule has 134 valence electrons. The van der Waals surface area contributed by atoms with Gasteiger partial charge in [0.2, 0.25) is 10.0 Å². The minimum absolute atomic E-state index is 0.0977. The van der Waals surface area contributed by atoms with Crippen molar-refractivity contribution in [1.29, 1.82) is 0 Å². The lowest BCUT2D eigenvalue weighted by atomic mass is 10.1. The van der Waals surface area contributed by atoms with Gasteiger partial charge in [0.15, 0.2) is 0 Å². The Hall–Kier alpha value is -1.61. The van der Waals surface area contributed by atoms with Crippen molar-refractivity contribution in [3.8, 4) is 0 Å². The molecule has 0 N–H and O–H groups in total. The number of halogens is 3. The standard InChI is InChI=1S/C15H18F3NO4S/c1-11(20)23-10-12-6-4-5-9-19(12)24(21,22)14-8-3-2-7-13(14)15(16,17)18/h2-3,7-8,12H,4-6,9-10H2,1H3. The SMILES string of the molecule is CC(=O)OCC1CCCCN1S(=O)(=O)c1ccccc1C(F)(F)F. The first-order chi connectivity index (χ1) is 11.1. The molecule has 0 saturated carbocycles. The van der Waals surface area contributed by atoms with Gasteiger partial charge in [-0.2, -0.15) is 17.5 Å². The van der Waals surface area contributed by atoms with E-state index in [-0.39, 0.29) is 13.2 Å². The number of ether oxygens (including phenoxy) is 1. The lowest BCUT2D eigenvalue weighted by Gasteiger charge is -2.34. The summed E-state index contributed by atoms with van der Waals surface area (Å²) in [5, 5.41) is 0. The molecule has 24 heavy (non-hydrogen) atoms. The first-order valence-electron chi connectivity index (χ1n) is 7.45. The van der Waals surface area contributed by atoms with E-state index in [1.807, 2.05) is 0 Å². The number of rotatable bonds is 4.